The standard InChI is InChI=1S/C19H10BrN3/c20-11-9-16-19(21-10-11)23-18-15-8-4-2-6-13(15)12-5-1-3-7-14(12)17(18)22-16/h1-10H. The van der Waals surface area contributed by atoms with Crippen molar-refractivity contribution in [3.05, 3.63) is 65.3 Å². The molecule has 23 heavy (non-hydrogen) atoms. The second kappa shape index (κ2) is 4.70. The van der Waals surface area contributed by atoms with Crippen LogP contribution in [0.3, 0.4) is 0 Å². The first kappa shape index (κ1) is 12.9. The van der Waals surface area contributed by atoms with Crippen molar-refractivity contribution in [3.8, 4) is 0 Å². The SMILES string of the molecule is Brc1cnc2nc3c4ccccc4c4ccccc4c3nc2c1. The topological polar surface area (TPSA) is 38.7 Å². The fraction of sp³-hybridized carbons (Fsp3) is 0. The van der Waals surface area contributed by atoms with E-state index in [4.69, 9.17) is 9.97 Å². The van der Waals surface area contributed by atoms with Gasteiger partial charge in [-0.2, -0.15) is 0 Å². The molecular weight excluding hydrogens is 350 g/mol. The van der Waals surface area contributed by atoms with Crippen LogP contribution in [0.15, 0.2) is 65.3 Å². The van der Waals surface area contributed by atoms with Crippen molar-refractivity contribution in [1.29, 1.82) is 0 Å². The van der Waals surface area contributed by atoms with E-state index in [-0.39, 0.29) is 0 Å². The maximum atomic E-state index is 4.86. The lowest BCUT2D eigenvalue weighted by Crippen LogP contribution is -1.93. The molecule has 5 aromatic rings. The van der Waals surface area contributed by atoms with Crippen LogP contribution in [0, 0.1) is 0 Å². The molecule has 0 saturated heterocycles. The van der Waals surface area contributed by atoms with Crippen LogP contribution in [-0.4, -0.2) is 15.0 Å². The van der Waals surface area contributed by atoms with Crippen LogP contribution < -0.4 is 0 Å². The maximum absolute atomic E-state index is 4.86. The van der Waals surface area contributed by atoms with E-state index in [1.54, 1.807) is 6.20 Å². The second-order valence-electron chi connectivity index (χ2n) is 5.51. The van der Waals surface area contributed by atoms with Crippen molar-refractivity contribution in [2.24, 2.45) is 0 Å². The number of rotatable bonds is 0. The molecule has 0 aliphatic heterocycles. The van der Waals surface area contributed by atoms with Crippen molar-refractivity contribution in [2.45, 2.75) is 0 Å². The summed E-state index contributed by atoms with van der Waals surface area (Å²) in [4.78, 5) is 14.1. The van der Waals surface area contributed by atoms with Crippen LogP contribution in [0.25, 0.3) is 43.7 Å². The Hall–Kier alpha value is -2.59. The van der Waals surface area contributed by atoms with Gasteiger partial charge in [-0.25, -0.2) is 15.0 Å². The van der Waals surface area contributed by atoms with Gasteiger partial charge in [0.2, 0.25) is 0 Å². The number of hydrogen-bond donors (Lipinski definition) is 0. The van der Waals surface area contributed by atoms with E-state index < -0.39 is 0 Å². The second-order valence-corrected chi connectivity index (χ2v) is 6.42. The predicted molar refractivity (Wildman–Crippen MR) is 97.6 cm³/mol. The van der Waals surface area contributed by atoms with E-state index in [0.717, 1.165) is 31.8 Å². The highest BCUT2D eigenvalue weighted by Gasteiger charge is 2.12. The third-order valence-corrected chi connectivity index (χ3v) is 4.58. The molecule has 2 aromatic heterocycles. The lowest BCUT2D eigenvalue weighted by atomic mass is 9.99. The maximum Gasteiger partial charge on any atom is 0.178 e. The molecular formula is C19H10BrN3. The molecule has 3 nitrogen and oxygen atoms in total. The molecule has 0 spiro atoms. The lowest BCUT2D eigenvalue weighted by molar-refractivity contribution is 1.28. The van der Waals surface area contributed by atoms with Gasteiger partial charge < -0.3 is 0 Å². The first-order valence-corrected chi connectivity index (χ1v) is 8.13. The Labute approximate surface area is 140 Å². The Kier molecular flexibility index (Phi) is 2.64. The highest BCUT2D eigenvalue weighted by atomic mass is 79.9. The van der Waals surface area contributed by atoms with Crippen molar-refractivity contribution < 1.29 is 0 Å². The number of pyridine rings is 1. The minimum absolute atomic E-state index is 0.668. The van der Waals surface area contributed by atoms with Crippen molar-refractivity contribution in [3.63, 3.8) is 0 Å². The van der Waals surface area contributed by atoms with Gasteiger partial charge in [-0.05, 0) is 32.8 Å². The molecule has 0 unspecified atom stereocenters. The molecule has 5 rings (SSSR count). The quantitative estimate of drug-likeness (QED) is 0.280. The summed E-state index contributed by atoms with van der Waals surface area (Å²) in [6, 6.07) is 18.6. The smallest absolute Gasteiger partial charge is 0.178 e. The summed E-state index contributed by atoms with van der Waals surface area (Å²) in [6.07, 6.45) is 1.76. The molecule has 0 radical (unpaired) electrons. The molecule has 0 atom stereocenters. The van der Waals surface area contributed by atoms with Gasteiger partial charge in [0.25, 0.3) is 0 Å². The lowest BCUT2D eigenvalue weighted by Gasteiger charge is -2.09. The Morgan fingerprint density at radius 3 is 1.91 bits per heavy atom. The molecule has 4 heteroatoms. The van der Waals surface area contributed by atoms with Gasteiger partial charge in [0.1, 0.15) is 5.52 Å². The summed E-state index contributed by atoms with van der Waals surface area (Å²) in [5.74, 6) is 0. The van der Waals surface area contributed by atoms with Gasteiger partial charge in [0, 0.05) is 21.4 Å². The summed E-state index contributed by atoms with van der Waals surface area (Å²) in [5.41, 5.74) is 3.29. The van der Waals surface area contributed by atoms with Gasteiger partial charge in [-0.1, -0.05) is 48.5 Å². The van der Waals surface area contributed by atoms with Crippen LogP contribution >= 0.6 is 15.9 Å². The molecule has 0 fully saturated rings. The number of benzene rings is 3. The van der Waals surface area contributed by atoms with E-state index in [1.807, 2.05) is 18.2 Å². The summed E-state index contributed by atoms with van der Waals surface area (Å²) < 4.78 is 0.906. The summed E-state index contributed by atoms with van der Waals surface area (Å²) in [5, 5.41) is 4.63. The fourth-order valence-electron chi connectivity index (χ4n) is 3.15. The Balaban J connectivity index is 2.14. The molecule has 0 bridgehead atoms. The Morgan fingerprint density at radius 1 is 0.696 bits per heavy atom. The third kappa shape index (κ3) is 1.85. The average molecular weight is 360 g/mol. The van der Waals surface area contributed by atoms with Crippen molar-refractivity contribution in [1.82, 2.24) is 15.0 Å². The van der Waals surface area contributed by atoms with Crippen molar-refractivity contribution >= 4 is 59.7 Å². The van der Waals surface area contributed by atoms with Crippen LogP contribution in [0.5, 0.6) is 0 Å². The van der Waals surface area contributed by atoms with Gasteiger partial charge in [-0.15, -0.1) is 0 Å². The van der Waals surface area contributed by atoms with Gasteiger partial charge >= 0.3 is 0 Å². The summed E-state index contributed by atoms with van der Waals surface area (Å²) >= 11 is 3.46. The molecule has 0 aliphatic rings. The molecule has 2 heterocycles. The summed E-state index contributed by atoms with van der Waals surface area (Å²) in [6.45, 7) is 0. The number of nitrogens with zero attached hydrogens (tertiary/aromatic N) is 3. The van der Waals surface area contributed by atoms with E-state index in [2.05, 4.69) is 57.3 Å². The molecule has 108 valence electrons. The van der Waals surface area contributed by atoms with E-state index in [0.29, 0.717) is 5.65 Å². The first-order valence-electron chi connectivity index (χ1n) is 7.34. The Morgan fingerprint density at radius 2 is 1.26 bits per heavy atom. The number of aromatic nitrogens is 3. The predicted octanol–water partition coefficient (Wildman–Crippen LogP) is 5.25. The highest BCUT2D eigenvalue weighted by Crippen LogP contribution is 2.33. The normalized spacial score (nSPS) is 11.7. The zero-order valence-electron chi connectivity index (χ0n) is 12.0. The highest BCUT2D eigenvalue weighted by molar-refractivity contribution is 9.10. The monoisotopic (exact) mass is 359 g/mol. The fourth-order valence-corrected chi connectivity index (χ4v) is 3.47. The molecule has 3 aromatic carbocycles. The zero-order chi connectivity index (χ0) is 15.4. The van der Waals surface area contributed by atoms with Crippen LogP contribution in [0.4, 0.5) is 0 Å². The van der Waals surface area contributed by atoms with E-state index in [9.17, 15) is 0 Å². The number of fused-ring (bicyclic) bond motifs is 7. The van der Waals surface area contributed by atoms with Gasteiger partial charge in [0.15, 0.2) is 5.65 Å². The minimum Gasteiger partial charge on any atom is -0.242 e. The van der Waals surface area contributed by atoms with E-state index in [1.165, 1.54) is 10.8 Å². The third-order valence-electron chi connectivity index (χ3n) is 4.14. The Bertz CT molecular complexity index is 1230. The molecule has 0 N–H and O–H groups in total. The zero-order valence-corrected chi connectivity index (χ0v) is 13.6. The number of halogens is 1. The van der Waals surface area contributed by atoms with Gasteiger partial charge in [-0.3, -0.25) is 0 Å². The van der Waals surface area contributed by atoms with Crippen LogP contribution in [0.2, 0.25) is 0 Å². The van der Waals surface area contributed by atoms with Crippen LogP contribution in [0.1, 0.15) is 0 Å². The molecule has 0 amide bonds. The first-order chi connectivity index (χ1) is 11.3. The van der Waals surface area contributed by atoms with Crippen molar-refractivity contribution in [2.75, 3.05) is 0 Å². The van der Waals surface area contributed by atoms with Gasteiger partial charge in [0.05, 0.1) is 11.0 Å². The summed E-state index contributed by atoms with van der Waals surface area (Å²) in [7, 11) is 0. The molecule has 0 saturated carbocycles. The largest absolute Gasteiger partial charge is 0.242 e. The van der Waals surface area contributed by atoms with Crippen LogP contribution in [-0.2, 0) is 0 Å². The average Bonchev–Trinajstić information content (AvgIpc) is 2.60. The van der Waals surface area contributed by atoms with E-state index >= 15 is 0 Å². The minimum atomic E-state index is 0.668. The molecule has 0 aliphatic carbocycles. The number of hydrogen-bond acceptors (Lipinski definition) is 3.